The summed E-state index contributed by atoms with van der Waals surface area (Å²) < 4.78 is 1.14. The Labute approximate surface area is 123 Å². The standard InChI is InChI=1S/C15H21N3OS/c1-9-18-14-7-13(12(16)6-15(14)20-9)17-8-10-2-4-11(19)5-3-10/h6-7,10-11,17,19H,2-5,8,16H2,1H3. The first-order valence-electron chi connectivity index (χ1n) is 7.20. The third-order valence-corrected chi connectivity index (χ3v) is 5.00. The third kappa shape index (κ3) is 2.88. The molecule has 1 heterocycles. The van der Waals surface area contributed by atoms with Crippen molar-refractivity contribution in [1.82, 2.24) is 4.98 Å². The highest BCUT2D eigenvalue weighted by molar-refractivity contribution is 7.18. The monoisotopic (exact) mass is 291 g/mol. The van der Waals surface area contributed by atoms with Crippen molar-refractivity contribution in [1.29, 1.82) is 0 Å². The van der Waals surface area contributed by atoms with Gasteiger partial charge in [0.1, 0.15) is 0 Å². The highest BCUT2D eigenvalue weighted by atomic mass is 32.1. The second-order valence-electron chi connectivity index (χ2n) is 5.70. The van der Waals surface area contributed by atoms with Crippen LogP contribution in [-0.4, -0.2) is 22.7 Å². The summed E-state index contributed by atoms with van der Waals surface area (Å²) in [7, 11) is 0. The number of aromatic nitrogens is 1. The Bertz CT molecular complexity index is 602. The van der Waals surface area contributed by atoms with Gasteiger partial charge in [0, 0.05) is 6.54 Å². The predicted octanol–water partition coefficient (Wildman–Crippen LogP) is 3.15. The van der Waals surface area contributed by atoms with Crippen LogP contribution in [0.4, 0.5) is 11.4 Å². The Morgan fingerprint density at radius 1 is 1.35 bits per heavy atom. The van der Waals surface area contributed by atoms with Gasteiger partial charge in [-0.05, 0) is 50.7 Å². The van der Waals surface area contributed by atoms with Crippen LogP contribution >= 0.6 is 11.3 Å². The van der Waals surface area contributed by atoms with E-state index >= 15 is 0 Å². The van der Waals surface area contributed by atoms with Crippen LogP contribution in [0.5, 0.6) is 0 Å². The fourth-order valence-corrected chi connectivity index (χ4v) is 3.72. The van der Waals surface area contributed by atoms with Crippen LogP contribution in [0.2, 0.25) is 0 Å². The number of hydrogen-bond donors (Lipinski definition) is 3. The molecule has 0 amide bonds. The van der Waals surface area contributed by atoms with Gasteiger partial charge in [0.25, 0.3) is 0 Å². The summed E-state index contributed by atoms with van der Waals surface area (Å²) in [5, 5.41) is 14.1. The van der Waals surface area contributed by atoms with Crippen molar-refractivity contribution in [2.45, 2.75) is 38.7 Å². The molecule has 4 N–H and O–H groups in total. The number of nitrogen functional groups attached to an aromatic ring is 1. The first-order valence-corrected chi connectivity index (χ1v) is 8.02. The number of nitrogens with zero attached hydrogens (tertiary/aromatic N) is 1. The predicted molar refractivity (Wildman–Crippen MR) is 85.2 cm³/mol. The lowest BCUT2D eigenvalue weighted by atomic mass is 9.87. The van der Waals surface area contributed by atoms with E-state index in [4.69, 9.17) is 5.73 Å². The fraction of sp³-hybridized carbons (Fsp3) is 0.533. The molecular formula is C15H21N3OS. The first-order chi connectivity index (χ1) is 9.61. The Balaban J connectivity index is 1.69. The summed E-state index contributed by atoms with van der Waals surface area (Å²) in [5.41, 5.74) is 8.90. The van der Waals surface area contributed by atoms with Gasteiger partial charge in [0.2, 0.25) is 0 Å². The van der Waals surface area contributed by atoms with Crippen LogP contribution in [0.3, 0.4) is 0 Å². The van der Waals surface area contributed by atoms with Gasteiger partial charge in [0.05, 0.1) is 32.7 Å². The molecule has 108 valence electrons. The van der Waals surface area contributed by atoms with E-state index in [0.717, 1.165) is 58.8 Å². The summed E-state index contributed by atoms with van der Waals surface area (Å²) in [5.74, 6) is 0.630. The molecular weight excluding hydrogens is 270 g/mol. The highest BCUT2D eigenvalue weighted by Gasteiger charge is 2.19. The van der Waals surface area contributed by atoms with Gasteiger partial charge < -0.3 is 16.2 Å². The molecule has 20 heavy (non-hydrogen) atoms. The van der Waals surface area contributed by atoms with Gasteiger partial charge in [0.15, 0.2) is 0 Å². The van der Waals surface area contributed by atoms with Crippen LogP contribution < -0.4 is 11.1 Å². The molecule has 1 aromatic carbocycles. The minimum absolute atomic E-state index is 0.0920. The molecule has 0 radical (unpaired) electrons. The lowest BCUT2D eigenvalue weighted by Gasteiger charge is -2.26. The van der Waals surface area contributed by atoms with Crippen molar-refractivity contribution < 1.29 is 5.11 Å². The van der Waals surface area contributed by atoms with Gasteiger partial charge in [-0.3, -0.25) is 0 Å². The second-order valence-corrected chi connectivity index (χ2v) is 6.93. The van der Waals surface area contributed by atoms with E-state index in [9.17, 15) is 5.11 Å². The summed E-state index contributed by atoms with van der Waals surface area (Å²) in [6.07, 6.45) is 3.93. The SMILES string of the molecule is Cc1nc2cc(NCC3CCC(O)CC3)c(N)cc2s1. The first kappa shape index (κ1) is 13.6. The van der Waals surface area contributed by atoms with Gasteiger partial charge in [-0.15, -0.1) is 11.3 Å². The maximum Gasteiger partial charge on any atom is 0.0907 e. The Morgan fingerprint density at radius 2 is 2.10 bits per heavy atom. The maximum atomic E-state index is 9.53. The molecule has 4 nitrogen and oxygen atoms in total. The molecule has 1 saturated carbocycles. The number of aliphatic hydroxyl groups is 1. The van der Waals surface area contributed by atoms with E-state index in [1.807, 2.05) is 19.1 Å². The third-order valence-electron chi connectivity index (χ3n) is 4.06. The van der Waals surface area contributed by atoms with E-state index in [2.05, 4.69) is 10.3 Å². The summed E-state index contributed by atoms with van der Waals surface area (Å²) in [6.45, 7) is 2.94. The van der Waals surface area contributed by atoms with E-state index in [1.165, 1.54) is 0 Å². The zero-order valence-electron chi connectivity index (χ0n) is 11.7. The average Bonchev–Trinajstić information content (AvgIpc) is 2.77. The molecule has 5 heteroatoms. The average molecular weight is 291 g/mol. The van der Waals surface area contributed by atoms with Crippen LogP contribution in [0.15, 0.2) is 12.1 Å². The molecule has 0 unspecified atom stereocenters. The number of fused-ring (bicyclic) bond motifs is 1. The number of aryl methyl sites for hydroxylation is 1. The number of benzene rings is 1. The van der Waals surface area contributed by atoms with Gasteiger partial charge >= 0.3 is 0 Å². The van der Waals surface area contributed by atoms with Crippen LogP contribution in [0.25, 0.3) is 10.2 Å². The fourth-order valence-electron chi connectivity index (χ4n) is 2.86. The van der Waals surface area contributed by atoms with Crippen LogP contribution in [0, 0.1) is 12.8 Å². The van der Waals surface area contributed by atoms with Crippen molar-refractivity contribution in [3.8, 4) is 0 Å². The summed E-state index contributed by atoms with van der Waals surface area (Å²) >= 11 is 1.67. The quantitative estimate of drug-likeness (QED) is 0.760. The molecule has 1 aromatic heterocycles. The number of rotatable bonds is 3. The highest BCUT2D eigenvalue weighted by Crippen LogP contribution is 2.31. The number of nitrogens with two attached hydrogens (primary N) is 1. The van der Waals surface area contributed by atoms with Crippen molar-refractivity contribution in [2.75, 3.05) is 17.6 Å². The number of hydrogen-bond acceptors (Lipinski definition) is 5. The summed E-state index contributed by atoms with van der Waals surface area (Å²) in [6, 6.07) is 4.05. The number of thiazole rings is 1. The molecule has 1 aliphatic carbocycles. The molecule has 0 atom stereocenters. The lowest BCUT2D eigenvalue weighted by molar-refractivity contribution is 0.111. The zero-order valence-corrected chi connectivity index (χ0v) is 12.5. The molecule has 2 aromatic rings. The molecule has 1 aliphatic rings. The number of nitrogens with one attached hydrogen (secondary N) is 1. The molecule has 1 fully saturated rings. The van der Waals surface area contributed by atoms with E-state index in [-0.39, 0.29) is 6.10 Å². The smallest absolute Gasteiger partial charge is 0.0907 e. The number of anilines is 2. The largest absolute Gasteiger partial charge is 0.397 e. The molecule has 0 saturated heterocycles. The lowest BCUT2D eigenvalue weighted by Crippen LogP contribution is -2.23. The van der Waals surface area contributed by atoms with Gasteiger partial charge in [-0.2, -0.15) is 0 Å². The van der Waals surface area contributed by atoms with E-state index in [1.54, 1.807) is 11.3 Å². The van der Waals surface area contributed by atoms with Gasteiger partial charge in [-0.25, -0.2) is 4.98 Å². The van der Waals surface area contributed by atoms with Gasteiger partial charge in [-0.1, -0.05) is 0 Å². The second kappa shape index (κ2) is 5.58. The molecule has 0 aliphatic heterocycles. The summed E-state index contributed by atoms with van der Waals surface area (Å²) in [4.78, 5) is 4.51. The number of aliphatic hydroxyl groups excluding tert-OH is 1. The molecule has 0 bridgehead atoms. The Morgan fingerprint density at radius 3 is 2.85 bits per heavy atom. The molecule has 0 spiro atoms. The topological polar surface area (TPSA) is 71.2 Å². The van der Waals surface area contributed by atoms with E-state index in [0.29, 0.717) is 5.92 Å². The minimum Gasteiger partial charge on any atom is -0.397 e. The van der Waals surface area contributed by atoms with Crippen LogP contribution in [0.1, 0.15) is 30.7 Å². The van der Waals surface area contributed by atoms with Crippen molar-refractivity contribution >= 4 is 32.9 Å². The van der Waals surface area contributed by atoms with Crippen molar-refractivity contribution in [3.05, 3.63) is 17.1 Å². The Kier molecular flexibility index (Phi) is 3.81. The normalized spacial score (nSPS) is 23.1. The van der Waals surface area contributed by atoms with Crippen LogP contribution in [-0.2, 0) is 0 Å². The minimum atomic E-state index is -0.0920. The Hall–Kier alpha value is -1.33. The van der Waals surface area contributed by atoms with Crippen molar-refractivity contribution in [2.24, 2.45) is 5.92 Å². The maximum absolute atomic E-state index is 9.53. The van der Waals surface area contributed by atoms with E-state index < -0.39 is 0 Å². The zero-order chi connectivity index (χ0) is 14.1. The molecule has 3 rings (SSSR count). The van der Waals surface area contributed by atoms with Crippen molar-refractivity contribution in [3.63, 3.8) is 0 Å².